The number of aromatic nitrogens is 1. The molecule has 5 heteroatoms. The molecule has 0 aliphatic heterocycles. The second-order valence-electron chi connectivity index (χ2n) is 7.96. The van der Waals surface area contributed by atoms with Crippen molar-refractivity contribution in [2.75, 3.05) is 7.11 Å². The van der Waals surface area contributed by atoms with Crippen molar-refractivity contribution < 1.29 is 14.0 Å². The number of benzene rings is 2. The Labute approximate surface area is 173 Å². The Morgan fingerprint density at radius 2 is 1.41 bits per heavy atom. The van der Waals surface area contributed by atoms with Crippen LogP contribution >= 0.6 is 0 Å². The second kappa shape index (κ2) is 8.72. The molecule has 4 nitrogen and oxygen atoms in total. The summed E-state index contributed by atoms with van der Waals surface area (Å²) >= 11 is 0. The molecule has 29 heavy (non-hydrogen) atoms. The van der Waals surface area contributed by atoms with E-state index in [9.17, 15) is 4.79 Å². The van der Waals surface area contributed by atoms with Crippen molar-refractivity contribution in [2.45, 2.75) is 32.4 Å². The highest BCUT2D eigenvalue weighted by atomic mass is 28.4. The topological polar surface area (TPSA) is 48.4 Å². The van der Waals surface area contributed by atoms with Crippen molar-refractivity contribution in [3.8, 4) is 0 Å². The molecule has 0 atom stereocenters. The quantitative estimate of drug-likeness (QED) is 0.460. The van der Waals surface area contributed by atoms with E-state index in [0.29, 0.717) is 12.3 Å². The molecule has 0 fully saturated rings. The fraction of sp³-hybridized carbons (Fsp3) is 0.250. The number of carbonyl (C=O) groups is 1. The molecule has 0 saturated heterocycles. The van der Waals surface area contributed by atoms with Crippen LogP contribution in [0.15, 0.2) is 78.9 Å². The van der Waals surface area contributed by atoms with E-state index in [4.69, 9.17) is 9.16 Å². The molecule has 0 N–H and O–H groups in total. The highest BCUT2D eigenvalue weighted by Gasteiger charge is 2.50. The number of pyridine rings is 1. The SMILES string of the molecule is COC(=O)c1cccc(CO[Si](c2ccccc2)(c2ccccc2)C(C)(C)C)n1. The summed E-state index contributed by atoms with van der Waals surface area (Å²) in [5.74, 6) is -0.447. The third-order valence-corrected chi connectivity index (χ3v) is 10.0. The number of hydrogen-bond acceptors (Lipinski definition) is 4. The van der Waals surface area contributed by atoms with E-state index in [1.807, 2.05) is 24.3 Å². The number of carbonyl (C=O) groups excluding carboxylic acids is 1. The zero-order valence-electron chi connectivity index (χ0n) is 17.4. The first-order valence-corrected chi connectivity index (χ1v) is 11.6. The molecular weight excluding hydrogens is 378 g/mol. The van der Waals surface area contributed by atoms with Gasteiger partial charge in [-0.05, 0) is 27.5 Å². The van der Waals surface area contributed by atoms with E-state index in [1.54, 1.807) is 6.07 Å². The lowest BCUT2D eigenvalue weighted by molar-refractivity contribution is 0.0593. The van der Waals surface area contributed by atoms with Crippen LogP contribution in [0.3, 0.4) is 0 Å². The fourth-order valence-electron chi connectivity index (χ4n) is 3.72. The Morgan fingerprint density at radius 3 is 1.90 bits per heavy atom. The summed E-state index contributed by atoms with van der Waals surface area (Å²) in [6, 6.07) is 26.3. The van der Waals surface area contributed by atoms with E-state index in [1.165, 1.54) is 17.5 Å². The van der Waals surface area contributed by atoms with Crippen LogP contribution in [-0.2, 0) is 15.8 Å². The lowest BCUT2D eigenvalue weighted by Crippen LogP contribution is -2.66. The first-order chi connectivity index (χ1) is 13.9. The standard InChI is InChI=1S/C24H27NO3Si/c1-24(2,3)29(20-13-7-5-8-14-20,21-15-9-6-10-16-21)28-18-19-12-11-17-22(25-19)23(26)27-4/h5-17H,18H2,1-4H3. The van der Waals surface area contributed by atoms with E-state index in [2.05, 4.69) is 74.3 Å². The number of esters is 1. The molecule has 1 aromatic heterocycles. The van der Waals surface area contributed by atoms with Crippen LogP contribution in [-0.4, -0.2) is 26.4 Å². The third-order valence-electron chi connectivity index (χ3n) is 5.05. The molecule has 0 aliphatic rings. The van der Waals surface area contributed by atoms with Gasteiger partial charge in [-0.3, -0.25) is 0 Å². The molecule has 0 radical (unpaired) electrons. The van der Waals surface area contributed by atoms with Crippen LogP contribution < -0.4 is 10.4 Å². The number of nitrogens with zero attached hydrogens (tertiary/aromatic N) is 1. The Morgan fingerprint density at radius 1 is 0.862 bits per heavy atom. The molecule has 0 bridgehead atoms. The maximum Gasteiger partial charge on any atom is 0.356 e. The van der Waals surface area contributed by atoms with Crippen molar-refractivity contribution in [1.82, 2.24) is 4.98 Å². The van der Waals surface area contributed by atoms with Crippen LogP contribution in [0.1, 0.15) is 37.0 Å². The molecule has 1 heterocycles. The normalized spacial score (nSPS) is 11.9. The van der Waals surface area contributed by atoms with Crippen molar-refractivity contribution in [2.24, 2.45) is 0 Å². The van der Waals surface area contributed by atoms with Gasteiger partial charge in [-0.2, -0.15) is 0 Å². The van der Waals surface area contributed by atoms with Gasteiger partial charge in [-0.15, -0.1) is 0 Å². The lowest BCUT2D eigenvalue weighted by Gasteiger charge is -2.43. The van der Waals surface area contributed by atoms with Crippen molar-refractivity contribution in [1.29, 1.82) is 0 Å². The van der Waals surface area contributed by atoms with E-state index < -0.39 is 14.3 Å². The number of hydrogen-bond donors (Lipinski definition) is 0. The summed E-state index contributed by atoms with van der Waals surface area (Å²) < 4.78 is 11.6. The van der Waals surface area contributed by atoms with Gasteiger partial charge in [0.05, 0.1) is 19.4 Å². The van der Waals surface area contributed by atoms with Gasteiger partial charge in [0.1, 0.15) is 5.69 Å². The maximum atomic E-state index is 11.9. The summed E-state index contributed by atoms with van der Waals surface area (Å²) in [6.45, 7) is 7.02. The third kappa shape index (κ3) is 4.31. The molecule has 2 aromatic carbocycles. The van der Waals surface area contributed by atoms with Gasteiger partial charge in [-0.25, -0.2) is 9.78 Å². The molecule has 3 aromatic rings. The van der Waals surface area contributed by atoms with Crippen LogP contribution in [0.2, 0.25) is 5.04 Å². The van der Waals surface area contributed by atoms with Gasteiger partial charge in [0.2, 0.25) is 0 Å². The number of ether oxygens (including phenoxy) is 1. The minimum absolute atomic E-state index is 0.115. The Bertz CT molecular complexity index is 913. The minimum Gasteiger partial charge on any atom is -0.464 e. The zero-order chi connectivity index (χ0) is 20.9. The van der Waals surface area contributed by atoms with E-state index in [-0.39, 0.29) is 10.7 Å². The van der Waals surface area contributed by atoms with Crippen LogP contribution in [0.5, 0.6) is 0 Å². The van der Waals surface area contributed by atoms with Crippen molar-refractivity contribution in [3.63, 3.8) is 0 Å². The first-order valence-electron chi connectivity index (χ1n) is 9.68. The summed E-state index contributed by atoms with van der Waals surface area (Å²) in [7, 11) is -1.28. The maximum absolute atomic E-state index is 11.9. The highest BCUT2D eigenvalue weighted by molar-refractivity contribution is 6.99. The molecule has 0 unspecified atom stereocenters. The molecular formula is C24H27NO3Si. The van der Waals surface area contributed by atoms with Gasteiger partial charge in [0.15, 0.2) is 0 Å². The van der Waals surface area contributed by atoms with Gasteiger partial charge in [0, 0.05) is 0 Å². The average Bonchev–Trinajstić information content (AvgIpc) is 2.74. The predicted octanol–water partition coefficient (Wildman–Crippen LogP) is 3.94. The minimum atomic E-state index is -2.64. The lowest BCUT2D eigenvalue weighted by atomic mass is 10.2. The number of rotatable bonds is 6. The van der Waals surface area contributed by atoms with Crippen LogP contribution in [0, 0.1) is 0 Å². The molecule has 0 saturated carbocycles. The predicted molar refractivity (Wildman–Crippen MR) is 118 cm³/mol. The van der Waals surface area contributed by atoms with Gasteiger partial charge in [0.25, 0.3) is 8.32 Å². The first kappa shape index (κ1) is 21.0. The van der Waals surface area contributed by atoms with Gasteiger partial charge >= 0.3 is 5.97 Å². The highest BCUT2D eigenvalue weighted by Crippen LogP contribution is 2.37. The van der Waals surface area contributed by atoms with E-state index in [0.717, 1.165) is 0 Å². The van der Waals surface area contributed by atoms with Crippen LogP contribution in [0.4, 0.5) is 0 Å². The molecule has 0 spiro atoms. The summed E-state index contributed by atoms with van der Waals surface area (Å²) in [4.78, 5) is 16.3. The monoisotopic (exact) mass is 405 g/mol. The summed E-state index contributed by atoms with van der Waals surface area (Å²) in [6.07, 6.45) is 0. The Kier molecular flexibility index (Phi) is 6.30. The average molecular weight is 406 g/mol. The molecule has 150 valence electrons. The Hall–Kier alpha value is -2.76. The summed E-state index contributed by atoms with van der Waals surface area (Å²) in [5, 5.41) is 2.31. The zero-order valence-corrected chi connectivity index (χ0v) is 18.4. The van der Waals surface area contributed by atoms with Crippen molar-refractivity contribution >= 4 is 24.7 Å². The van der Waals surface area contributed by atoms with Crippen LogP contribution in [0.25, 0.3) is 0 Å². The van der Waals surface area contributed by atoms with E-state index >= 15 is 0 Å². The molecule has 3 rings (SSSR count). The number of methoxy groups -OCH3 is 1. The smallest absolute Gasteiger partial charge is 0.356 e. The largest absolute Gasteiger partial charge is 0.464 e. The fourth-order valence-corrected chi connectivity index (χ4v) is 8.24. The van der Waals surface area contributed by atoms with Gasteiger partial charge in [-0.1, -0.05) is 87.5 Å². The van der Waals surface area contributed by atoms with Crippen molar-refractivity contribution in [3.05, 3.63) is 90.3 Å². The second-order valence-corrected chi connectivity index (χ2v) is 12.3. The summed E-state index contributed by atoms with van der Waals surface area (Å²) in [5.41, 5.74) is 0.997. The van der Waals surface area contributed by atoms with Gasteiger partial charge < -0.3 is 9.16 Å². The molecule has 0 amide bonds. The molecule has 0 aliphatic carbocycles. The Balaban J connectivity index is 2.06.